The van der Waals surface area contributed by atoms with Gasteiger partial charge in [-0.05, 0) is 50.3 Å². The molecule has 1 heterocycles. The summed E-state index contributed by atoms with van der Waals surface area (Å²) in [6.07, 6.45) is 1.34. The third-order valence-electron chi connectivity index (χ3n) is 6.34. The Labute approximate surface area is 235 Å². The predicted molar refractivity (Wildman–Crippen MR) is 147 cm³/mol. The second-order valence-corrected chi connectivity index (χ2v) is 9.58. The molecule has 0 aliphatic rings. The largest absolute Gasteiger partial charge is 0.481 e. The molecule has 224 valence electrons. The van der Waals surface area contributed by atoms with Crippen LogP contribution >= 0.6 is 0 Å². The Morgan fingerprint density at radius 3 is 2.12 bits per heavy atom. The maximum atomic E-state index is 13.1. The minimum atomic E-state index is -1.58. The molecule has 4 unspecified atom stereocenters. The Morgan fingerprint density at radius 1 is 0.854 bits per heavy atom. The number of fused-ring (bicyclic) bond motifs is 1. The molecule has 0 radical (unpaired) electrons. The molecule has 0 spiro atoms. The van der Waals surface area contributed by atoms with E-state index in [1.54, 1.807) is 6.20 Å². The Bertz CT molecular complexity index is 1250. The molecule has 12 N–H and O–H groups in total. The summed E-state index contributed by atoms with van der Waals surface area (Å²) in [5.74, 6) is -6.18. The van der Waals surface area contributed by atoms with Gasteiger partial charge in [0.15, 0.2) is 0 Å². The van der Waals surface area contributed by atoms with E-state index in [4.69, 9.17) is 17.2 Å². The van der Waals surface area contributed by atoms with Crippen molar-refractivity contribution < 1.29 is 39.0 Å². The molecule has 15 nitrogen and oxygen atoms in total. The lowest BCUT2D eigenvalue weighted by molar-refractivity contribution is -0.143. The SMILES string of the molecule is NCCCCC(NC(=O)C(CC(=O)O)NC(=O)C(N)Cc1c[nH]c2ccccc12)C(=O)NC(CCC(N)=O)C(=O)O. The van der Waals surface area contributed by atoms with Crippen molar-refractivity contribution in [3.05, 3.63) is 36.0 Å². The van der Waals surface area contributed by atoms with E-state index in [0.717, 1.165) is 16.5 Å². The molecule has 4 atom stereocenters. The zero-order valence-electron chi connectivity index (χ0n) is 22.4. The van der Waals surface area contributed by atoms with Gasteiger partial charge in [-0.2, -0.15) is 0 Å². The molecule has 41 heavy (non-hydrogen) atoms. The number of amides is 4. The number of carbonyl (C=O) groups excluding carboxylic acids is 4. The first-order valence-electron chi connectivity index (χ1n) is 13.1. The van der Waals surface area contributed by atoms with E-state index >= 15 is 0 Å². The number of rotatable bonds is 18. The van der Waals surface area contributed by atoms with Crippen LogP contribution in [0.3, 0.4) is 0 Å². The fourth-order valence-electron chi connectivity index (χ4n) is 4.14. The van der Waals surface area contributed by atoms with Crippen LogP contribution < -0.4 is 33.2 Å². The first-order chi connectivity index (χ1) is 19.4. The minimum absolute atomic E-state index is 0.0464. The normalized spacial score (nSPS) is 13.9. The summed E-state index contributed by atoms with van der Waals surface area (Å²) in [4.78, 5) is 76.1. The second-order valence-electron chi connectivity index (χ2n) is 9.58. The molecular formula is C26H37N7O8. The maximum Gasteiger partial charge on any atom is 0.326 e. The van der Waals surface area contributed by atoms with E-state index in [1.807, 2.05) is 24.3 Å². The van der Waals surface area contributed by atoms with Crippen LogP contribution in [0, 0.1) is 0 Å². The van der Waals surface area contributed by atoms with Crippen LogP contribution in [0.15, 0.2) is 30.5 Å². The topological polar surface area (TPSA) is 273 Å². The van der Waals surface area contributed by atoms with Crippen molar-refractivity contribution in [1.29, 1.82) is 0 Å². The predicted octanol–water partition coefficient (Wildman–Crippen LogP) is -1.55. The highest BCUT2D eigenvalue weighted by molar-refractivity contribution is 5.96. The van der Waals surface area contributed by atoms with E-state index in [2.05, 4.69) is 20.9 Å². The number of unbranched alkanes of at least 4 members (excludes halogenated alkanes) is 1. The van der Waals surface area contributed by atoms with E-state index in [-0.39, 0.29) is 25.7 Å². The van der Waals surface area contributed by atoms with Gasteiger partial charge in [0.25, 0.3) is 0 Å². The van der Waals surface area contributed by atoms with Gasteiger partial charge < -0.3 is 48.3 Å². The van der Waals surface area contributed by atoms with Crippen molar-refractivity contribution in [1.82, 2.24) is 20.9 Å². The molecule has 0 bridgehead atoms. The Balaban J connectivity index is 2.13. The van der Waals surface area contributed by atoms with Gasteiger partial charge in [0.05, 0.1) is 12.5 Å². The second kappa shape index (κ2) is 15.9. The van der Waals surface area contributed by atoms with E-state index in [9.17, 15) is 39.0 Å². The van der Waals surface area contributed by atoms with Crippen LogP contribution in [0.1, 0.15) is 44.1 Å². The third kappa shape index (κ3) is 10.5. The lowest BCUT2D eigenvalue weighted by Gasteiger charge is -2.24. The molecular weight excluding hydrogens is 538 g/mol. The molecule has 1 aromatic carbocycles. The van der Waals surface area contributed by atoms with E-state index < -0.39 is 66.2 Å². The highest BCUT2D eigenvalue weighted by atomic mass is 16.4. The molecule has 0 saturated carbocycles. The molecule has 0 aliphatic heterocycles. The highest BCUT2D eigenvalue weighted by Crippen LogP contribution is 2.19. The van der Waals surface area contributed by atoms with Crippen LogP contribution in [0.4, 0.5) is 0 Å². The van der Waals surface area contributed by atoms with Gasteiger partial charge in [0.2, 0.25) is 23.6 Å². The van der Waals surface area contributed by atoms with Crippen molar-refractivity contribution in [2.45, 2.75) is 69.1 Å². The molecule has 0 aliphatic carbocycles. The quantitative estimate of drug-likeness (QED) is 0.0922. The molecule has 1 aromatic heterocycles. The summed E-state index contributed by atoms with van der Waals surface area (Å²) in [5.41, 5.74) is 18.2. The summed E-state index contributed by atoms with van der Waals surface area (Å²) in [7, 11) is 0. The summed E-state index contributed by atoms with van der Waals surface area (Å²) in [6, 6.07) is 1.94. The maximum absolute atomic E-state index is 13.1. The molecule has 2 aromatic rings. The first kappa shape index (κ1) is 32.7. The van der Waals surface area contributed by atoms with E-state index in [0.29, 0.717) is 19.4 Å². The van der Waals surface area contributed by atoms with E-state index in [1.165, 1.54) is 0 Å². The fourth-order valence-corrected chi connectivity index (χ4v) is 4.14. The lowest BCUT2D eigenvalue weighted by atomic mass is 10.0. The van der Waals surface area contributed by atoms with Gasteiger partial charge in [-0.1, -0.05) is 18.2 Å². The summed E-state index contributed by atoms with van der Waals surface area (Å²) >= 11 is 0. The molecule has 4 amide bonds. The number of H-pyrrole nitrogens is 1. The van der Waals surface area contributed by atoms with Gasteiger partial charge in [0.1, 0.15) is 18.1 Å². The number of benzene rings is 1. The van der Waals surface area contributed by atoms with Crippen molar-refractivity contribution in [3.8, 4) is 0 Å². The van der Waals surface area contributed by atoms with Crippen LogP contribution in [-0.4, -0.2) is 81.5 Å². The molecule has 15 heteroatoms. The Hall–Kier alpha value is -4.50. The number of hydrogen-bond acceptors (Lipinski definition) is 8. The average molecular weight is 576 g/mol. The number of carbonyl (C=O) groups is 6. The zero-order chi connectivity index (χ0) is 30.5. The van der Waals surface area contributed by atoms with Gasteiger partial charge in [-0.25, -0.2) is 4.79 Å². The third-order valence-corrected chi connectivity index (χ3v) is 6.34. The number of aliphatic carboxylic acids is 2. The van der Waals surface area contributed by atoms with Gasteiger partial charge in [-0.3, -0.25) is 24.0 Å². The monoisotopic (exact) mass is 575 g/mol. The molecule has 0 saturated heterocycles. The Kier molecular flexibility index (Phi) is 12.7. The number of nitrogens with two attached hydrogens (primary N) is 3. The van der Waals surface area contributed by atoms with Crippen LogP contribution in [0.5, 0.6) is 0 Å². The van der Waals surface area contributed by atoms with Gasteiger partial charge >= 0.3 is 11.9 Å². The minimum Gasteiger partial charge on any atom is -0.481 e. The highest BCUT2D eigenvalue weighted by Gasteiger charge is 2.31. The Morgan fingerprint density at radius 2 is 1.49 bits per heavy atom. The molecule has 2 rings (SSSR count). The average Bonchev–Trinajstić information content (AvgIpc) is 3.31. The van der Waals surface area contributed by atoms with Crippen LogP contribution in [0.2, 0.25) is 0 Å². The number of aromatic nitrogens is 1. The first-order valence-corrected chi connectivity index (χ1v) is 13.1. The van der Waals surface area contributed by atoms with Crippen molar-refractivity contribution in [3.63, 3.8) is 0 Å². The fraction of sp³-hybridized carbons (Fsp3) is 0.462. The summed E-state index contributed by atoms with van der Waals surface area (Å²) in [6.45, 7) is 0.296. The number of para-hydroxylation sites is 1. The number of hydrogen-bond donors (Lipinski definition) is 9. The van der Waals surface area contributed by atoms with Crippen molar-refractivity contribution in [2.75, 3.05) is 6.54 Å². The van der Waals surface area contributed by atoms with Gasteiger partial charge in [0, 0.05) is 23.5 Å². The van der Waals surface area contributed by atoms with Crippen molar-refractivity contribution >= 4 is 46.5 Å². The number of nitrogens with one attached hydrogen (secondary N) is 4. The van der Waals surface area contributed by atoms with Crippen LogP contribution in [0.25, 0.3) is 10.9 Å². The van der Waals surface area contributed by atoms with Gasteiger partial charge in [-0.15, -0.1) is 0 Å². The molecule has 0 fully saturated rings. The summed E-state index contributed by atoms with van der Waals surface area (Å²) in [5, 5.41) is 26.6. The number of aromatic amines is 1. The standard InChI is InChI=1S/C26H37N7O8/c27-10-4-3-7-18(24(38)32-19(26(40)41)8-9-21(29)34)31-25(39)20(12-22(35)36)33-23(37)16(28)11-14-13-30-17-6-2-1-5-15(14)17/h1-2,5-6,13,16,18-20,30H,3-4,7-12,27-28H2,(H2,29,34)(H,31,39)(H,32,38)(H,33,37)(H,35,36)(H,40,41). The smallest absolute Gasteiger partial charge is 0.326 e. The summed E-state index contributed by atoms with van der Waals surface area (Å²) < 4.78 is 0. The van der Waals surface area contributed by atoms with Crippen molar-refractivity contribution in [2.24, 2.45) is 17.2 Å². The zero-order valence-corrected chi connectivity index (χ0v) is 22.4. The number of carboxylic acids is 2. The lowest BCUT2D eigenvalue weighted by Crippen LogP contribution is -2.57. The van der Waals surface area contributed by atoms with Crippen LogP contribution in [-0.2, 0) is 35.2 Å². The number of carboxylic acid groups (broad SMARTS) is 2. The number of primary amides is 1.